The molecule has 58 valence electrons. The molecule has 1 aromatic rings. The van der Waals surface area contributed by atoms with E-state index in [2.05, 4.69) is 6.92 Å². The molecule has 0 fully saturated rings. The summed E-state index contributed by atoms with van der Waals surface area (Å²) in [5, 5.41) is 0. The molecule has 0 aliphatic carbocycles. The van der Waals surface area contributed by atoms with E-state index < -0.39 is 0 Å². The lowest BCUT2D eigenvalue weighted by Gasteiger charge is -2.09. The van der Waals surface area contributed by atoms with Crippen molar-refractivity contribution in [3.8, 4) is 0 Å². The number of hydrogen-bond donors (Lipinski definition) is 0. The van der Waals surface area contributed by atoms with Crippen LogP contribution in [0.1, 0.15) is 30.4 Å². The number of hydrogen-bond acceptors (Lipinski definition) is 1. The van der Waals surface area contributed by atoms with Gasteiger partial charge in [0.05, 0.1) is 5.69 Å². The van der Waals surface area contributed by atoms with Gasteiger partial charge in [-0.15, -0.1) is 0 Å². The van der Waals surface area contributed by atoms with Crippen molar-refractivity contribution in [3.63, 3.8) is 0 Å². The average molecular weight is 149 g/mol. The van der Waals surface area contributed by atoms with Crippen molar-refractivity contribution in [1.29, 1.82) is 0 Å². The maximum Gasteiger partial charge on any atom is 0.184 e. The van der Waals surface area contributed by atoms with Gasteiger partial charge in [-0.25, -0.2) is 0 Å². The summed E-state index contributed by atoms with van der Waals surface area (Å²) in [6, 6.07) is 4.16. The average Bonchev–Trinajstić information content (AvgIpc) is 2.53. The van der Waals surface area contributed by atoms with Gasteiger partial charge in [0.2, 0.25) is 0 Å². The van der Waals surface area contributed by atoms with Gasteiger partial charge < -0.3 is 4.57 Å². The van der Waals surface area contributed by atoms with E-state index in [0.29, 0.717) is 6.04 Å². The van der Waals surface area contributed by atoms with Crippen LogP contribution in [0.4, 0.5) is 0 Å². The van der Waals surface area contributed by atoms with Crippen LogP contribution in [0.5, 0.6) is 0 Å². The molecule has 2 heteroatoms. The molecule has 0 radical (unpaired) electrons. The third kappa shape index (κ3) is 0.694. The molecule has 0 aromatic carbocycles. The molecule has 0 saturated carbocycles. The molecule has 2 rings (SSSR count). The van der Waals surface area contributed by atoms with Gasteiger partial charge in [-0.05, 0) is 19.1 Å². The molecule has 0 spiro atoms. The Kier molecular flexibility index (Phi) is 1.19. The summed E-state index contributed by atoms with van der Waals surface area (Å²) in [5.74, 6) is 0.439. The molecule has 1 aromatic heterocycles. The molecule has 0 N–H and O–H groups in total. The van der Waals surface area contributed by atoms with Gasteiger partial charge in [0.1, 0.15) is 0 Å². The number of rotatable bonds is 0. The van der Waals surface area contributed by atoms with E-state index in [1.165, 1.54) is 0 Å². The number of nitrogens with zero attached hydrogens (tertiary/aromatic N) is 1. The first-order valence-electron chi connectivity index (χ1n) is 3.93. The van der Waals surface area contributed by atoms with Crippen molar-refractivity contribution in [2.75, 3.05) is 0 Å². The molecule has 0 amide bonds. The minimum atomic E-state index is 0.159. The minimum Gasteiger partial charge on any atom is -0.342 e. The smallest absolute Gasteiger partial charge is 0.184 e. The summed E-state index contributed by atoms with van der Waals surface area (Å²) >= 11 is 0. The highest BCUT2D eigenvalue weighted by Crippen LogP contribution is 2.30. The second kappa shape index (κ2) is 1.97. The molecule has 0 bridgehead atoms. The Bertz CT molecular complexity index is 300. The van der Waals surface area contributed by atoms with E-state index in [-0.39, 0.29) is 11.7 Å². The summed E-state index contributed by atoms with van der Waals surface area (Å²) in [6.45, 7) is 4.07. The van der Waals surface area contributed by atoms with Crippen LogP contribution < -0.4 is 0 Å². The van der Waals surface area contributed by atoms with Crippen molar-refractivity contribution in [2.24, 2.45) is 5.92 Å². The molecule has 1 aliphatic rings. The predicted molar refractivity (Wildman–Crippen MR) is 42.6 cm³/mol. The third-order valence-corrected chi connectivity index (χ3v) is 2.61. The number of Topliss-reactive ketones (excluding diaryl/α,β-unsaturated/α-hetero) is 1. The monoisotopic (exact) mass is 149 g/mol. The molecule has 2 atom stereocenters. The quantitative estimate of drug-likeness (QED) is 0.552. The fraction of sp³-hybridized carbons (Fsp3) is 0.444. The first kappa shape index (κ1) is 6.65. The van der Waals surface area contributed by atoms with E-state index in [4.69, 9.17) is 0 Å². The lowest BCUT2D eigenvalue weighted by Crippen LogP contribution is -2.08. The van der Waals surface area contributed by atoms with E-state index in [1.807, 2.05) is 29.8 Å². The van der Waals surface area contributed by atoms with E-state index in [0.717, 1.165) is 5.69 Å². The van der Waals surface area contributed by atoms with Crippen LogP contribution >= 0.6 is 0 Å². The van der Waals surface area contributed by atoms with Crippen LogP contribution in [0.25, 0.3) is 0 Å². The van der Waals surface area contributed by atoms with Crippen LogP contribution in [0.3, 0.4) is 0 Å². The predicted octanol–water partition coefficient (Wildman–Crippen LogP) is 1.88. The lowest BCUT2D eigenvalue weighted by atomic mass is 10.0. The number of ketones is 1. The summed E-state index contributed by atoms with van der Waals surface area (Å²) < 4.78 is 2.05. The Morgan fingerprint density at radius 2 is 2.18 bits per heavy atom. The molecule has 0 saturated heterocycles. The van der Waals surface area contributed by atoms with Gasteiger partial charge in [0, 0.05) is 18.2 Å². The van der Waals surface area contributed by atoms with Crippen LogP contribution in [-0.4, -0.2) is 10.4 Å². The van der Waals surface area contributed by atoms with Crippen LogP contribution in [0, 0.1) is 5.92 Å². The van der Waals surface area contributed by atoms with Crippen molar-refractivity contribution in [2.45, 2.75) is 19.9 Å². The standard InChI is InChI=1S/C9H11NO/c1-6-7(2)10-5-3-4-8(10)9(6)11/h3-7H,1-2H3/t6-,7+/m1/s1. The molecule has 1 aliphatic heterocycles. The van der Waals surface area contributed by atoms with Gasteiger partial charge >= 0.3 is 0 Å². The molecular formula is C9H11NO. The zero-order valence-corrected chi connectivity index (χ0v) is 6.74. The third-order valence-electron chi connectivity index (χ3n) is 2.61. The summed E-state index contributed by atoms with van der Waals surface area (Å²) in [4.78, 5) is 11.4. The summed E-state index contributed by atoms with van der Waals surface area (Å²) in [5.41, 5.74) is 0.866. The van der Waals surface area contributed by atoms with Crippen LogP contribution in [0.2, 0.25) is 0 Å². The van der Waals surface area contributed by atoms with E-state index >= 15 is 0 Å². The second-order valence-corrected chi connectivity index (χ2v) is 3.19. The maximum atomic E-state index is 11.4. The molecule has 11 heavy (non-hydrogen) atoms. The lowest BCUT2D eigenvalue weighted by molar-refractivity contribution is 0.0935. The van der Waals surface area contributed by atoms with Gasteiger partial charge in [-0.3, -0.25) is 4.79 Å². The first-order chi connectivity index (χ1) is 5.22. The Balaban J connectivity index is 2.56. The normalized spacial score (nSPS) is 29.1. The SMILES string of the molecule is C[C@H]1C(=O)c2cccn2[C@H]1C. The Hall–Kier alpha value is -1.05. The second-order valence-electron chi connectivity index (χ2n) is 3.19. The Morgan fingerprint density at radius 3 is 2.82 bits per heavy atom. The number of carbonyl (C=O) groups is 1. The van der Waals surface area contributed by atoms with Gasteiger partial charge in [0.15, 0.2) is 5.78 Å². The first-order valence-corrected chi connectivity index (χ1v) is 3.93. The summed E-state index contributed by atoms with van der Waals surface area (Å²) in [7, 11) is 0. The van der Waals surface area contributed by atoms with Crippen molar-refractivity contribution in [1.82, 2.24) is 4.57 Å². The van der Waals surface area contributed by atoms with E-state index in [1.54, 1.807) is 0 Å². The highest BCUT2D eigenvalue weighted by molar-refractivity contribution is 5.98. The minimum absolute atomic E-state index is 0.159. The van der Waals surface area contributed by atoms with E-state index in [9.17, 15) is 4.79 Å². The maximum absolute atomic E-state index is 11.4. The van der Waals surface area contributed by atoms with Crippen molar-refractivity contribution < 1.29 is 4.79 Å². The largest absolute Gasteiger partial charge is 0.342 e. The molecule has 0 unspecified atom stereocenters. The molecular weight excluding hydrogens is 138 g/mol. The van der Waals surface area contributed by atoms with Crippen LogP contribution in [-0.2, 0) is 0 Å². The zero-order chi connectivity index (χ0) is 8.01. The molecule has 2 nitrogen and oxygen atoms in total. The zero-order valence-electron chi connectivity index (χ0n) is 6.74. The molecule has 2 heterocycles. The fourth-order valence-corrected chi connectivity index (χ4v) is 1.65. The summed E-state index contributed by atoms with van der Waals surface area (Å²) in [6.07, 6.45) is 1.97. The van der Waals surface area contributed by atoms with Crippen LogP contribution in [0.15, 0.2) is 18.3 Å². The fourth-order valence-electron chi connectivity index (χ4n) is 1.65. The number of fused-ring (bicyclic) bond motifs is 1. The van der Waals surface area contributed by atoms with Gasteiger partial charge in [-0.1, -0.05) is 6.92 Å². The highest BCUT2D eigenvalue weighted by atomic mass is 16.1. The van der Waals surface area contributed by atoms with Gasteiger partial charge in [0.25, 0.3) is 0 Å². The topological polar surface area (TPSA) is 22.0 Å². The van der Waals surface area contributed by atoms with Crippen molar-refractivity contribution in [3.05, 3.63) is 24.0 Å². The Morgan fingerprint density at radius 1 is 1.45 bits per heavy atom. The number of aromatic nitrogens is 1. The highest BCUT2D eigenvalue weighted by Gasteiger charge is 2.32. The number of carbonyl (C=O) groups excluding carboxylic acids is 1. The van der Waals surface area contributed by atoms with Crippen molar-refractivity contribution >= 4 is 5.78 Å². The van der Waals surface area contributed by atoms with Gasteiger partial charge in [-0.2, -0.15) is 0 Å². The Labute approximate surface area is 65.8 Å².